The normalized spacial score (nSPS) is 11.4. The van der Waals surface area contributed by atoms with E-state index < -0.39 is 0 Å². The topological polar surface area (TPSA) is 46.9 Å². The molecule has 4 nitrogen and oxygen atoms in total. The molecule has 0 bridgehead atoms. The molecular weight excluding hydrogens is 334 g/mol. The van der Waals surface area contributed by atoms with Gasteiger partial charge in [-0.1, -0.05) is 81.4 Å². The highest BCUT2D eigenvalue weighted by molar-refractivity contribution is 5.77. The minimum atomic E-state index is -0.0240. The third kappa shape index (κ3) is 5.55. The van der Waals surface area contributed by atoms with E-state index in [0.29, 0.717) is 19.5 Å². The average Bonchev–Trinajstić information content (AvgIpc) is 3.03. The number of carbonyl (C=O) groups is 1. The van der Waals surface area contributed by atoms with Crippen LogP contribution in [0.25, 0.3) is 11.3 Å². The van der Waals surface area contributed by atoms with Gasteiger partial charge in [0, 0.05) is 30.3 Å². The van der Waals surface area contributed by atoms with Crippen molar-refractivity contribution < 1.29 is 4.79 Å². The highest BCUT2D eigenvalue weighted by Crippen LogP contribution is 2.23. The average molecular weight is 361 g/mol. The molecule has 1 aromatic heterocycles. The Bertz CT molecular complexity index is 877. The molecule has 140 valence electrons. The van der Waals surface area contributed by atoms with Crippen LogP contribution in [-0.4, -0.2) is 15.7 Å². The Morgan fingerprint density at radius 1 is 1.00 bits per heavy atom. The highest BCUT2D eigenvalue weighted by atomic mass is 16.1. The molecule has 3 aromatic rings. The Kier molecular flexibility index (Phi) is 5.75. The van der Waals surface area contributed by atoms with Gasteiger partial charge in [0.2, 0.25) is 5.91 Å². The van der Waals surface area contributed by atoms with E-state index in [0.717, 1.165) is 16.8 Å². The number of benzene rings is 2. The zero-order valence-corrected chi connectivity index (χ0v) is 16.3. The minimum absolute atomic E-state index is 0.0240. The smallest absolute Gasteiger partial charge is 0.220 e. The van der Waals surface area contributed by atoms with E-state index in [1.807, 2.05) is 47.3 Å². The van der Waals surface area contributed by atoms with E-state index in [1.54, 1.807) is 0 Å². The summed E-state index contributed by atoms with van der Waals surface area (Å²) >= 11 is 0. The van der Waals surface area contributed by atoms with Gasteiger partial charge in [0.05, 0.1) is 12.2 Å². The van der Waals surface area contributed by atoms with Crippen molar-refractivity contribution in [3.8, 4) is 11.3 Å². The molecule has 3 rings (SSSR count). The first-order valence-electron chi connectivity index (χ1n) is 9.33. The van der Waals surface area contributed by atoms with Crippen molar-refractivity contribution >= 4 is 5.91 Å². The number of rotatable bonds is 6. The molecule has 0 spiro atoms. The third-order valence-corrected chi connectivity index (χ3v) is 4.24. The summed E-state index contributed by atoms with van der Waals surface area (Å²) in [5.74, 6) is 0.0670. The number of hydrogen-bond acceptors (Lipinski definition) is 2. The number of carbonyl (C=O) groups excluding carboxylic acids is 1. The van der Waals surface area contributed by atoms with Crippen LogP contribution in [0, 0.1) is 5.41 Å². The first kappa shape index (κ1) is 18.9. The van der Waals surface area contributed by atoms with Crippen LogP contribution in [0.3, 0.4) is 0 Å². The number of nitrogens with zero attached hydrogens (tertiary/aromatic N) is 2. The summed E-state index contributed by atoms with van der Waals surface area (Å²) in [7, 11) is 0. The van der Waals surface area contributed by atoms with Crippen LogP contribution in [0.5, 0.6) is 0 Å². The van der Waals surface area contributed by atoms with E-state index in [-0.39, 0.29) is 11.3 Å². The van der Waals surface area contributed by atoms with Crippen LogP contribution in [0.2, 0.25) is 0 Å². The standard InChI is InChI=1S/C23H27N3O/c1-23(2,3)14-21(27)24-15-20-17-26(16-18-10-6-4-7-11-18)25-22(20)19-12-8-5-9-13-19/h4-13,17H,14-16H2,1-3H3,(H,24,27). The fourth-order valence-electron chi connectivity index (χ4n) is 3.02. The first-order chi connectivity index (χ1) is 12.9. The van der Waals surface area contributed by atoms with Gasteiger partial charge < -0.3 is 5.32 Å². The van der Waals surface area contributed by atoms with Gasteiger partial charge in [0.25, 0.3) is 0 Å². The summed E-state index contributed by atoms with van der Waals surface area (Å²) in [5, 5.41) is 7.84. The molecule has 0 aliphatic heterocycles. The molecule has 0 fully saturated rings. The van der Waals surface area contributed by atoms with Gasteiger partial charge in [-0.25, -0.2) is 0 Å². The third-order valence-electron chi connectivity index (χ3n) is 4.24. The Morgan fingerprint density at radius 2 is 1.63 bits per heavy atom. The zero-order chi connectivity index (χ0) is 19.3. The zero-order valence-electron chi connectivity index (χ0n) is 16.3. The van der Waals surface area contributed by atoms with Crippen molar-refractivity contribution in [2.24, 2.45) is 5.41 Å². The van der Waals surface area contributed by atoms with Gasteiger partial charge in [0.1, 0.15) is 0 Å². The fourth-order valence-corrected chi connectivity index (χ4v) is 3.02. The van der Waals surface area contributed by atoms with E-state index >= 15 is 0 Å². The van der Waals surface area contributed by atoms with E-state index in [2.05, 4.69) is 50.4 Å². The summed E-state index contributed by atoms with van der Waals surface area (Å²) in [4.78, 5) is 12.2. The number of hydrogen-bond donors (Lipinski definition) is 1. The van der Waals surface area contributed by atoms with E-state index in [1.165, 1.54) is 5.56 Å². The Morgan fingerprint density at radius 3 is 2.26 bits per heavy atom. The Hall–Kier alpha value is -2.88. The van der Waals surface area contributed by atoms with Crippen LogP contribution in [0.15, 0.2) is 66.9 Å². The first-order valence-corrected chi connectivity index (χ1v) is 9.33. The lowest BCUT2D eigenvalue weighted by molar-refractivity contribution is -0.122. The molecule has 27 heavy (non-hydrogen) atoms. The molecule has 0 aliphatic carbocycles. The molecule has 0 radical (unpaired) electrons. The second kappa shape index (κ2) is 8.21. The molecule has 1 heterocycles. The molecule has 1 N–H and O–H groups in total. The van der Waals surface area contributed by atoms with Crippen molar-refractivity contribution in [2.45, 2.75) is 40.3 Å². The van der Waals surface area contributed by atoms with Gasteiger partial charge >= 0.3 is 0 Å². The van der Waals surface area contributed by atoms with Crippen LogP contribution in [-0.2, 0) is 17.9 Å². The van der Waals surface area contributed by atoms with Crippen LogP contribution in [0.1, 0.15) is 38.3 Å². The monoisotopic (exact) mass is 361 g/mol. The predicted octanol–water partition coefficient (Wildman–Crippen LogP) is 4.65. The molecule has 0 saturated carbocycles. The lowest BCUT2D eigenvalue weighted by Crippen LogP contribution is -2.27. The van der Waals surface area contributed by atoms with Crippen molar-refractivity contribution in [3.63, 3.8) is 0 Å². The van der Waals surface area contributed by atoms with Crippen molar-refractivity contribution in [3.05, 3.63) is 78.0 Å². The van der Waals surface area contributed by atoms with E-state index in [4.69, 9.17) is 5.10 Å². The summed E-state index contributed by atoms with van der Waals surface area (Å²) < 4.78 is 1.95. The van der Waals surface area contributed by atoms with Gasteiger partial charge in [0.15, 0.2) is 0 Å². The van der Waals surface area contributed by atoms with Crippen molar-refractivity contribution in [1.29, 1.82) is 0 Å². The lowest BCUT2D eigenvalue weighted by atomic mass is 9.92. The van der Waals surface area contributed by atoms with Gasteiger partial charge in [-0.05, 0) is 11.0 Å². The number of aromatic nitrogens is 2. The van der Waals surface area contributed by atoms with Gasteiger partial charge in [-0.3, -0.25) is 9.48 Å². The van der Waals surface area contributed by atoms with Crippen molar-refractivity contribution in [1.82, 2.24) is 15.1 Å². The predicted molar refractivity (Wildman–Crippen MR) is 109 cm³/mol. The second-order valence-corrected chi connectivity index (χ2v) is 8.07. The maximum atomic E-state index is 12.2. The molecule has 0 aliphatic rings. The van der Waals surface area contributed by atoms with Crippen LogP contribution < -0.4 is 5.32 Å². The van der Waals surface area contributed by atoms with Crippen molar-refractivity contribution in [2.75, 3.05) is 0 Å². The van der Waals surface area contributed by atoms with Crippen LogP contribution in [0.4, 0.5) is 0 Å². The Balaban J connectivity index is 1.81. The fraction of sp³-hybridized carbons (Fsp3) is 0.304. The van der Waals surface area contributed by atoms with Crippen LogP contribution >= 0.6 is 0 Å². The number of amides is 1. The molecule has 2 aromatic carbocycles. The Labute approximate surface area is 161 Å². The number of nitrogens with one attached hydrogen (secondary N) is 1. The lowest BCUT2D eigenvalue weighted by Gasteiger charge is -2.17. The molecular formula is C23H27N3O. The van der Waals surface area contributed by atoms with E-state index in [9.17, 15) is 4.79 Å². The summed E-state index contributed by atoms with van der Waals surface area (Å²) in [6, 6.07) is 20.4. The highest BCUT2D eigenvalue weighted by Gasteiger charge is 2.17. The minimum Gasteiger partial charge on any atom is -0.352 e. The largest absolute Gasteiger partial charge is 0.352 e. The summed E-state index contributed by atoms with van der Waals surface area (Å²) in [6.45, 7) is 7.39. The second-order valence-electron chi connectivity index (χ2n) is 8.07. The molecule has 1 amide bonds. The molecule has 4 heteroatoms. The molecule has 0 unspecified atom stereocenters. The quantitative estimate of drug-likeness (QED) is 0.695. The summed E-state index contributed by atoms with van der Waals surface area (Å²) in [5.41, 5.74) is 4.18. The maximum absolute atomic E-state index is 12.2. The summed E-state index contributed by atoms with van der Waals surface area (Å²) in [6.07, 6.45) is 2.54. The van der Waals surface area contributed by atoms with Gasteiger partial charge in [-0.2, -0.15) is 5.10 Å². The maximum Gasteiger partial charge on any atom is 0.220 e. The SMILES string of the molecule is CC(C)(C)CC(=O)NCc1cn(Cc2ccccc2)nc1-c1ccccc1. The molecule has 0 atom stereocenters. The van der Waals surface area contributed by atoms with Gasteiger partial charge in [-0.15, -0.1) is 0 Å². The molecule has 0 saturated heterocycles.